The molecule has 6 heteroatoms. The molecular formula is C12H16N2O3S. The number of amides is 2. The van der Waals surface area contributed by atoms with Crippen molar-refractivity contribution in [3.8, 4) is 0 Å². The lowest BCUT2D eigenvalue weighted by Crippen LogP contribution is -2.29. The maximum atomic E-state index is 11.2. The standard InChI is InChI=1S/C12H16N2O3S/c13-11(15)9-17-14-12(16)7-4-8-18-10-5-2-1-3-6-10/h1-3,5-6H,4,7-9H2,(H2,13,15)(H,14,16). The zero-order valence-corrected chi connectivity index (χ0v) is 10.7. The lowest BCUT2D eigenvalue weighted by Gasteiger charge is -2.04. The van der Waals surface area contributed by atoms with Crippen LogP contribution in [0.2, 0.25) is 0 Å². The lowest BCUT2D eigenvalue weighted by molar-refractivity contribution is -0.137. The summed E-state index contributed by atoms with van der Waals surface area (Å²) < 4.78 is 0. The van der Waals surface area contributed by atoms with Crippen molar-refractivity contribution >= 4 is 23.6 Å². The van der Waals surface area contributed by atoms with Crippen LogP contribution in [0.3, 0.4) is 0 Å². The van der Waals surface area contributed by atoms with Crippen molar-refractivity contribution in [3.05, 3.63) is 30.3 Å². The molecule has 0 heterocycles. The van der Waals surface area contributed by atoms with Crippen LogP contribution in [-0.2, 0) is 14.4 Å². The van der Waals surface area contributed by atoms with Gasteiger partial charge >= 0.3 is 0 Å². The van der Waals surface area contributed by atoms with E-state index in [0.717, 1.165) is 12.2 Å². The maximum absolute atomic E-state index is 11.2. The Bertz CT molecular complexity index is 384. The maximum Gasteiger partial charge on any atom is 0.246 e. The van der Waals surface area contributed by atoms with Crippen molar-refractivity contribution in [1.82, 2.24) is 5.48 Å². The van der Waals surface area contributed by atoms with E-state index in [9.17, 15) is 9.59 Å². The van der Waals surface area contributed by atoms with E-state index in [0.29, 0.717) is 6.42 Å². The number of carbonyl (C=O) groups excluding carboxylic acids is 2. The fraction of sp³-hybridized carbons (Fsp3) is 0.333. The van der Waals surface area contributed by atoms with E-state index in [1.165, 1.54) is 4.90 Å². The van der Waals surface area contributed by atoms with Crippen molar-refractivity contribution in [1.29, 1.82) is 0 Å². The van der Waals surface area contributed by atoms with Crippen molar-refractivity contribution in [2.24, 2.45) is 5.73 Å². The van der Waals surface area contributed by atoms with E-state index in [2.05, 4.69) is 10.3 Å². The molecule has 0 aromatic heterocycles. The predicted molar refractivity (Wildman–Crippen MR) is 69.7 cm³/mol. The number of carbonyl (C=O) groups is 2. The number of hydrogen-bond donors (Lipinski definition) is 2. The second-order valence-corrected chi connectivity index (χ2v) is 4.71. The molecule has 0 saturated heterocycles. The second-order valence-electron chi connectivity index (χ2n) is 3.55. The Morgan fingerprint density at radius 1 is 1.28 bits per heavy atom. The molecule has 0 aliphatic carbocycles. The molecule has 5 nitrogen and oxygen atoms in total. The summed E-state index contributed by atoms with van der Waals surface area (Å²) in [6, 6.07) is 9.98. The Balaban J connectivity index is 2.04. The van der Waals surface area contributed by atoms with Crippen molar-refractivity contribution in [3.63, 3.8) is 0 Å². The minimum Gasteiger partial charge on any atom is -0.368 e. The quantitative estimate of drug-likeness (QED) is 0.420. The van der Waals surface area contributed by atoms with Gasteiger partial charge in [0.1, 0.15) is 0 Å². The number of thioether (sulfide) groups is 1. The summed E-state index contributed by atoms with van der Waals surface area (Å²) in [5.41, 5.74) is 7.01. The fourth-order valence-electron chi connectivity index (χ4n) is 1.18. The summed E-state index contributed by atoms with van der Waals surface area (Å²) in [7, 11) is 0. The minimum atomic E-state index is -0.616. The number of benzene rings is 1. The molecule has 1 rings (SSSR count). The van der Waals surface area contributed by atoms with E-state index < -0.39 is 5.91 Å². The first-order valence-corrected chi connectivity index (χ1v) is 6.54. The third-order valence-electron chi connectivity index (χ3n) is 1.96. The first-order valence-electron chi connectivity index (χ1n) is 5.55. The molecule has 0 radical (unpaired) electrons. The summed E-state index contributed by atoms with van der Waals surface area (Å²) in [6.07, 6.45) is 1.10. The first kappa shape index (κ1) is 14.5. The minimum absolute atomic E-state index is 0.245. The van der Waals surface area contributed by atoms with Gasteiger partial charge in [-0.1, -0.05) is 18.2 Å². The molecule has 0 unspecified atom stereocenters. The molecule has 98 valence electrons. The average molecular weight is 268 g/mol. The number of nitrogens with two attached hydrogens (primary N) is 1. The van der Waals surface area contributed by atoms with Crippen molar-refractivity contribution in [2.45, 2.75) is 17.7 Å². The average Bonchev–Trinajstić information content (AvgIpc) is 2.35. The highest BCUT2D eigenvalue weighted by Gasteiger charge is 2.02. The highest BCUT2D eigenvalue weighted by atomic mass is 32.2. The van der Waals surface area contributed by atoms with Crippen LogP contribution >= 0.6 is 11.8 Å². The zero-order valence-electron chi connectivity index (χ0n) is 9.93. The SMILES string of the molecule is NC(=O)CONC(=O)CCCSc1ccccc1. The molecule has 0 aliphatic heterocycles. The van der Waals surface area contributed by atoms with Gasteiger partial charge in [0.2, 0.25) is 11.8 Å². The van der Waals surface area contributed by atoms with Crippen LogP contribution in [0.1, 0.15) is 12.8 Å². The van der Waals surface area contributed by atoms with Crippen LogP contribution < -0.4 is 11.2 Å². The highest BCUT2D eigenvalue weighted by molar-refractivity contribution is 7.99. The predicted octanol–water partition coefficient (Wildman–Crippen LogP) is 1.09. The summed E-state index contributed by atoms with van der Waals surface area (Å²) in [5, 5.41) is 0. The van der Waals surface area contributed by atoms with Gasteiger partial charge in [-0.2, -0.15) is 0 Å². The highest BCUT2D eigenvalue weighted by Crippen LogP contribution is 2.18. The first-order chi connectivity index (χ1) is 8.68. The van der Waals surface area contributed by atoms with Crippen LogP contribution in [0.4, 0.5) is 0 Å². The van der Waals surface area contributed by atoms with Crippen LogP contribution in [0.25, 0.3) is 0 Å². The number of primary amides is 1. The van der Waals surface area contributed by atoms with Gasteiger partial charge in [0.25, 0.3) is 0 Å². The molecule has 18 heavy (non-hydrogen) atoms. The molecule has 3 N–H and O–H groups in total. The van der Waals surface area contributed by atoms with Crippen molar-refractivity contribution in [2.75, 3.05) is 12.4 Å². The second kappa shape index (κ2) is 8.54. The van der Waals surface area contributed by atoms with Gasteiger partial charge in [-0.3, -0.25) is 14.4 Å². The van der Waals surface area contributed by atoms with Gasteiger partial charge in [-0.25, -0.2) is 5.48 Å². The molecule has 0 bridgehead atoms. The summed E-state index contributed by atoms with van der Waals surface area (Å²) in [6.45, 7) is -0.301. The van der Waals surface area contributed by atoms with E-state index >= 15 is 0 Å². The van der Waals surface area contributed by atoms with Gasteiger partial charge in [0.05, 0.1) is 0 Å². The van der Waals surface area contributed by atoms with Crippen LogP contribution in [0.15, 0.2) is 35.2 Å². The molecule has 0 fully saturated rings. The summed E-state index contributed by atoms with van der Waals surface area (Å²) in [4.78, 5) is 27.4. The molecule has 1 aromatic rings. The Kier molecular flexibility index (Phi) is 6.90. The molecule has 0 atom stereocenters. The van der Waals surface area contributed by atoms with Gasteiger partial charge < -0.3 is 5.73 Å². The normalized spacial score (nSPS) is 10.0. The van der Waals surface area contributed by atoms with Gasteiger partial charge in [0.15, 0.2) is 6.61 Å². The monoisotopic (exact) mass is 268 g/mol. The molecule has 2 amide bonds. The molecule has 1 aromatic carbocycles. The smallest absolute Gasteiger partial charge is 0.246 e. The largest absolute Gasteiger partial charge is 0.368 e. The van der Waals surface area contributed by atoms with Crippen LogP contribution in [-0.4, -0.2) is 24.2 Å². The van der Waals surface area contributed by atoms with Crippen LogP contribution in [0, 0.1) is 0 Å². The Morgan fingerprint density at radius 2 is 2.00 bits per heavy atom. The van der Waals surface area contributed by atoms with Gasteiger partial charge in [-0.15, -0.1) is 11.8 Å². The Morgan fingerprint density at radius 3 is 2.67 bits per heavy atom. The zero-order chi connectivity index (χ0) is 13.2. The fourth-order valence-corrected chi connectivity index (χ4v) is 2.05. The van der Waals surface area contributed by atoms with Crippen molar-refractivity contribution < 1.29 is 14.4 Å². The lowest BCUT2D eigenvalue weighted by atomic mass is 10.3. The van der Waals surface area contributed by atoms with Gasteiger partial charge in [0, 0.05) is 11.3 Å². The number of rotatable bonds is 8. The van der Waals surface area contributed by atoms with E-state index in [4.69, 9.17) is 5.73 Å². The number of nitrogens with one attached hydrogen (secondary N) is 1. The van der Waals surface area contributed by atoms with E-state index in [1.54, 1.807) is 11.8 Å². The van der Waals surface area contributed by atoms with E-state index in [1.807, 2.05) is 30.3 Å². The summed E-state index contributed by atoms with van der Waals surface area (Å²) in [5.74, 6) is -0.00684. The van der Waals surface area contributed by atoms with E-state index in [-0.39, 0.29) is 12.5 Å². The van der Waals surface area contributed by atoms with Crippen LogP contribution in [0.5, 0.6) is 0 Å². The van der Waals surface area contributed by atoms with Gasteiger partial charge in [-0.05, 0) is 24.3 Å². The summed E-state index contributed by atoms with van der Waals surface area (Å²) >= 11 is 1.70. The number of hydrogen-bond acceptors (Lipinski definition) is 4. The topological polar surface area (TPSA) is 81.4 Å². The number of hydroxylamine groups is 1. The third-order valence-corrected chi connectivity index (χ3v) is 3.06. The third kappa shape index (κ3) is 6.93. The Labute approximate surface area is 110 Å². The molecule has 0 aliphatic rings. The molecule has 0 saturated carbocycles. The molecule has 0 spiro atoms. The molecular weight excluding hydrogens is 252 g/mol. The Hall–Kier alpha value is -1.53.